The summed E-state index contributed by atoms with van der Waals surface area (Å²) in [6.45, 7) is 7.43. The molecular formula is C17H25N5. The molecule has 1 aromatic heterocycles. The van der Waals surface area contributed by atoms with Gasteiger partial charge in [-0.05, 0) is 19.4 Å². The second-order valence-electron chi connectivity index (χ2n) is 5.12. The lowest BCUT2D eigenvalue weighted by Crippen LogP contribution is -2.37. The minimum atomic E-state index is 0.617. The molecule has 0 radical (unpaired) electrons. The highest BCUT2D eigenvalue weighted by Gasteiger charge is 2.05. The van der Waals surface area contributed by atoms with E-state index in [-0.39, 0.29) is 0 Å². The lowest BCUT2D eigenvalue weighted by atomic mass is 10.2. The van der Waals surface area contributed by atoms with Gasteiger partial charge >= 0.3 is 0 Å². The molecule has 22 heavy (non-hydrogen) atoms. The molecule has 1 heterocycles. The maximum Gasteiger partial charge on any atom is 0.191 e. The van der Waals surface area contributed by atoms with E-state index >= 15 is 0 Å². The molecule has 1 aromatic carbocycles. The Kier molecular flexibility index (Phi) is 6.01. The molecular weight excluding hydrogens is 274 g/mol. The number of benzene rings is 1. The van der Waals surface area contributed by atoms with E-state index < -0.39 is 0 Å². The van der Waals surface area contributed by atoms with Gasteiger partial charge in [0.15, 0.2) is 5.96 Å². The van der Waals surface area contributed by atoms with Gasteiger partial charge in [0.2, 0.25) is 0 Å². The van der Waals surface area contributed by atoms with Gasteiger partial charge in [-0.2, -0.15) is 0 Å². The first-order valence-electron chi connectivity index (χ1n) is 7.83. The Bertz CT molecular complexity index is 584. The normalized spacial score (nSPS) is 11.6. The molecule has 5 nitrogen and oxygen atoms in total. The number of aromatic nitrogens is 2. The Hall–Kier alpha value is -2.30. The third-order valence-corrected chi connectivity index (χ3v) is 3.69. The van der Waals surface area contributed by atoms with Gasteiger partial charge in [0.1, 0.15) is 5.82 Å². The Morgan fingerprint density at radius 2 is 1.95 bits per heavy atom. The summed E-state index contributed by atoms with van der Waals surface area (Å²) in [5.41, 5.74) is 7.26. The SMILES string of the molecule is CCN(CC)C(N)=NCCc1nccn1Cc1ccccc1. The average Bonchev–Trinajstić information content (AvgIpc) is 2.97. The van der Waals surface area contributed by atoms with Crippen LogP contribution in [0.15, 0.2) is 47.7 Å². The van der Waals surface area contributed by atoms with E-state index in [1.165, 1.54) is 5.56 Å². The van der Waals surface area contributed by atoms with Crippen LogP contribution in [0.2, 0.25) is 0 Å². The number of guanidine groups is 1. The van der Waals surface area contributed by atoms with E-state index in [0.29, 0.717) is 12.5 Å². The van der Waals surface area contributed by atoms with E-state index in [4.69, 9.17) is 5.73 Å². The highest BCUT2D eigenvalue weighted by atomic mass is 15.2. The van der Waals surface area contributed by atoms with Crippen molar-refractivity contribution in [1.82, 2.24) is 14.5 Å². The third kappa shape index (κ3) is 4.35. The molecule has 0 aliphatic carbocycles. The zero-order valence-electron chi connectivity index (χ0n) is 13.4. The second kappa shape index (κ2) is 8.22. The number of nitrogens with zero attached hydrogens (tertiary/aromatic N) is 4. The third-order valence-electron chi connectivity index (χ3n) is 3.69. The molecule has 0 aliphatic heterocycles. The van der Waals surface area contributed by atoms with E-state index in [1.807, 2.05) is 18.5 Å². The Labute approximate surface area is 132 Å². The number of rotatable bonds is 7. The predicted molar refractivity (Wildman–Crippen MR) is 90.9 cm³/mol. The molecule has 5 heteroatoms. The molecule has 0 bridgehead atoms. The fourth-order valence-corrected chi connectivity index (χ4v) is 2.41. The lowest BCUT2D eigenvalue weighted by molar-refractivity contribution is 0.458. The smallest absolute Gasteiger partial charge is 0.191 e. The standard InChI is InChI=1S/C17H25N5/c1-3-21(4-2)17(18)20-11-10-16-19-12-13-22(16)14-15-8-6-5-7-9-15/h5-9,12-13H,3-4,10-11,14H2,1-2H3,(H2,18,20). The van der Waals surface area contributed by atoms with Gasteiger partial charge in [-0.3, -0.25) is 4.99 Å². The van der Waals surface area contributed by atoms with Crippen LogP contribution in [-0.2, 0) is 13.0 Å². The molecule has 0 saturated heterocycles. The van der Waals surface area contributed by atoms with Crippen molar-refractivity contribution in [2.75, 3.05) is 19.6 Å². The van der Waals surface area contributed by atoms with Crippen molar-refractivity contribution >= 4 is 5.96 Å². The fraction of sp³-hybridized carbons (Fsp3) is 0.412. The molecule has 2 rings (SSSR count). The summed E-state index contributed by atoms with van der Waals surface area (Å²) >= 11 is 0. The highest BCUT2D eigenvalue weighted by Crippen LogP contribution is 2.06. The average molecular weight is 299 g/mol. The summed E-state index contributed by atoms with van der Waals surface area (Å²) in [4.78, 5) is 10.9. The topological polar surface area (TPSA) is 59.4 Å². The van der Waals surface area contributed by atoms with Crippen molar-refractivity contribution in [3.8, 4) is 0 Å². The van der Waals surface area contributed by atoms with Crippen molar-refractivity contribution in [2.24, 2.45) is 10.7 Å². The number of nitrogens with two attached hydrogens (primary N) is 1. The van der Waals surface area contributed by atoms with E-state index in [0.717, 1.165) is 31.9 Å². The van der Waals surface area contributed by atoms with Crippen LogP contribution in [0, 0.1) is 0 Å². The monoisotopic (exact) mass is 299 g/mol. The maximum absolute atomic E-state index is 5.99. The maximum atomic E-state index is 5.99. The van der Waals surface area contributed by atoms with Gasteiger partial charge in [0.25, 0.3) is 0 Å². The first-order chi connectivity index (χ1) is 10.7. The summed E-state index contributed by atoms with van der Waals surface area (Å²) in [6, 6.07) is 10.4. The summed E-state index contributed by atoms with van der Waals surface area (Å²) in [5.74, 6) is 1.66. The van der Waals surface area contributed by atoms with Crippen LogP contribution in [0.4, 0.5) is 0 Å². The predicted octanol–water partition coefficient (Wildman–Crippen LogP) is 2.13. The van der Waals surface area contributed by atoms with Gasteiger partial charge in [-0.1, -0.05) is 30.3 Å². The van der Waals surface area contributed by atoms with Crippen molar-refractivity contribution in [1.29, 1.82) is 0 Å². The first kappa shape index (κ1) is 16.1. The lowest BCUT2D eigenvalue weighted by Gasteiger charge is -2.19. The molecule has 0 unspecified atom stereocenters. The molecule has 0 spiro atoms. The molecule has 118 valence electrons. The summed E-state index contributed by atoms with van der Waals surface area (Å²) in [5, 5.41) is 0. The largest absolute Gasteiger partial charge is 0.370 e. The molecule has 0 atom stereocenters. The number of hydrogen-bond acceptors (Lipinski definition) is 2. The van der Waals surface area contributed by atoms with Gasteiger partial charge < -0.3 is 15.2 Å². The van der Waals surface area contributed by atoms with Crippen molar-refractivity contribution in [2.45, 2.75) is 26.8 Å². The Morgan fingerprint density at radius 3 is 2.64 bits per heavy atom. The van der Waals surface area contributed by atoms with E-state index in [9.17, 15) is 0 Å². The Balaban J connectivity index is 1.94. The van der Waals surface area contributed by atoms with E-state index in [1.54, 1.807) is 0 Å². The van der Waals surface area contributed by atoms with Crippen LogP contribution in [0.25, 0.3) is 0 Å². The number of imidazole rings is 1. The highest BCUT2D eigenvalue weighted by molar-refractivity contribution is 5.77. The van der Waals surface area contributed by atoms with Crippen LogP contribution in [-0.4, -0.2) is 40.0 Å². The number of hydrogen-bond donors (Lipinski definition) is 1. The van der Waals surface area contributed by atoms with Crippen molar-refractivity contribution in [3.63, 3.8) is 0 Å². The summed E-state index contributed by atoms with van der Waals surface area (Å²) < 4.78 is 2.17. The van der Waals surface area contributed by atoms with Crippen molar-refractivity contribution in [3.05, 3.63) is 54.1 Å². The summed E-state index contributed by atoms with van der Waals surface area (Å²) in [6.07, 6.45) is 4.65. The quantitative estimate of drug-likeness (QED) is 0.629. The molecule has 2 N–H and O–H groups in total. The van der Waals surface area contributed by atoms with E-state index in [2.05, 4.69) is 57.6 Å². The van der Waals surface area contributed by atoms with Gasteiger partial charge in [-0.25, -0.2) is 4.98 Å². The minimum absolute atomic E-state index is 0.617. The zero-order valence-corrected chi connectivity index (χ0v) is 13.4. The molecule has 2 aromatic rings. The zero-order chi connectivity index (χ0) is 15.8. The van der Waals surface area contributed by atoms with Crippen LogP contribution in [0.1, 0.15) is 25.2 Å². The van der Waals surface area contributed by atoms with Crippen LogP contribution in [0.5, 0.6) is 0 Å². The first-order valence-corrected chi connectivity index (χ1v) is 7.83. The number of aliphatic imine (C=N–C) groups is 1. The Morgan fingerprint density at radius 1 is 1.23 bits per heavy atom. The fourth-order valence-electron chi connectivity index (χ4n) is 2.41. The van der Waals surface area contributed by atoms with Crippen LogP contribution < -0.4 is 5.73 Å². The second-order valence-corrected chi connectivity index (χ2v) is 5.12. The molecule has 0 saturated carbocycles. The van der Waals surface area contributed by atoms with Gasteiger partial charge in [-0.15, -0.1) is 0 Å². The molecule has 0 aliphatic rings. The molecule has 0 amide bonds. The minimum Gasteiger partial charge on any atom is -0.370 e. The van der Waals surface area contributed by atoms with Crippen LogP contribution >= 0.6 is 0 Å². The van der Waals surface area contributed by atoms with Crippen molar-refractivity contribution < 1.29 is 0 Å². The van der Waals surface area contributed by atoms with Gasteiger partial charge in [0, 0.05) is 45.0 Å². The van der Waals surface area contributed by atoms with Gasteiger partial charge in [0.05, 0.1) is 0 Å². The van der Waals surface area contributed by atoms with Crippen LogP contribution in [0.3, 0.4) is 0 Å². The summed E-state index contributed by atoms with van der Waals surface area (Å²) in [7, 11) is 0. The molecule has 0 fully saturated rings.